The molecule has 1 aromatic carbocycles. The second kappa shape index (κ2) is 7.49. The van der Waals surface area contributed by atoms with Crippen molar-refractivity contribution in [2.45, 2.75) is 38.8 Å². The molecule has 1 aliphatic heterocycles. The van der Waals surface area contributed by atoms with Gasteiger partial charge in [0.1, 0.15) is 0 Å². The molecule has 22 heavy (non-hydrogen) atoms. The molecule has 0 saturated carbocycles. The van der Waals surface area contributed by atoms with Crippen LogP contribution in [0, 0.1) is 0 Å². The Morgan fingerprint density at radius 1 is 1.41 bits per heavy atom. The third-order valence-electron chi connectivity index (χ3n) is 3.75. The van der Waals surface area contributed by atoms with E-state index in [0.717, 1.165) is 5.56 Å². The Morgan fingerprint density at radius 2 is 2.14 bits per heavy atom. The van der Waals surface area contributed by atoms with Gasteiger partial charge < -0.3 is 15.5 Å². The predicted octanol–water partition coefficient (Wildman–Crippen LogP) is 2.19. The van der Waals surface area contributed by atoms with Gasteiger partial charge in [0, 0.05) is 30.6 Å². The van der Waals surface area contributed by atoms with Crippen LogP contribution in [0.1, 0.15) is 25.8 Å². The number of hydrogen-bond acceptors (Lipinski definition) is 2. The summed E-state index contributed by atoms with van der Waals surface area (Å²) in [6, 6.07) is 7.39. The largest absolute Gasteiger partial charge is 0.338 e. The first kappa shape index (κ1) is 16.6. The average molecular weight is 324 g/mol. The van der Waals surface area contributed by atoms with E-state index in [-0.39, 0.29) is 24.0 Å². The normalized spacial score (nSPS) is 17.9. The summed E-state index contributed by atoms with van der Waals surface area (Å²) >= 11 is 6.07. The van der Waals surface area contributed by atoms with Crippen molar-refractivity contribution >= 4 is 23.5 Å². The summed E-state index contributed by atoms with van der Waals surface area (Å²) in [5.74, 6) is 0.0939. The van der Waals surface area contributed by atoms with Crippen molar-refractivity contribution < 1.29 is 9.59 Å². The standard InChI is InChI=1S/C16H22ClN3O2/c1-11(2)20-10-13(9-15(20)21)19-16(22)18-8-7-12-5-3-4-6-14(12)17/h3-6,11,13H,7-10H2,1-2H3,(H2,18,19,22). The zero-order chi connectivity index (χ0) is 16.1. The molecule has 1 fully saturated rings. The summed E-state index contributed by atoms with van der Waals surface area (Å²) in [5, 5.41) is 6.36. The van der Waals surface area contributed by atoms with Crippen molar-refractivity contribution in [3.8, 4) is 0 Å². The molecule has 1 saturated heterocycles. The van der Waals surface area contributed by atoms with Crippen molar-refractivity contribution in [2.24, 2.45) is 0 Å². The van der Waals surface area contributed by atoms with E-state index in [1.807, 2.05) is 38.1 Å². The Kier molecular flexibility index (Phi) is 5.66. The number of carbonyl (C=O) groups is 2. The van der Waals surface area contributed by atoms with Gasteiger partial charge in [-0.3, -0.25) is 4.79 Å². The van der Waals surface area contributed by atoms with Gasteiger partial charge in [-0.05, 0) is 31.9 Å². The molecule has 1 unspecified atom stereocenters. The maximum atomic E-state index is 11.9. The van der Waals surface area contributed by atoms with Gasteiger partial charge in [-0.25, -0.2) is 4.79 Å². The summed E-state index contributed by atoms with van der Waals surface area (Å²) in [7, 11) is 0. The smallest absolute Gasteiger partial charge is 0.315 e. The zero-order valence-corrected chi connectivity index (χ0v) is 13.7. The van der Waals surface area contributed by atoms with Gasteiger partial charge in [-0.15, -0.1) is 0 Å². The maximum absolute atomic E-state index is 11.9. The molecule has 120 valence electrons. The molecule has 2 N–H and O–H groups in total. The van der Waals surface area contributed by atoms with Crippen molar-refractivity contribution in [1.29, 1.82) is 0 Å². The lowest BCUT2D eigenvalue weighted by atomic mass is 10.1. The van der Waals surface area contributed by atoms with Crippen LogP contribution in [0.4, 0.5) is 4.79 Å². The second-order valence-corrected chi connectivity index (χ2v) is 6.19. The minimum absolute atomic E-state index is 0.0939. The first-order chi connectivity index (χ1) is 10.5. The Morgan fingerprint density at radius 3 is 2.77 bits per heavy atom. The topological polar surface area (TPSA) is 61.4 Å². The average Bonchev–Trinajstić information content (AvgIpc) is 2.82. The fourth-order valence-electron chi connectivity index (χ4n) is 2.58. The molecule has 5 nitrogen and oxygen atoms in total. The molecule has 0 bridgehead atoms. The quantitative estimate of drug-likeness (QED) is 0.872. The fraction of sp³-hybridized carbons (Fsp3) is 0.500. The summed E-state index contributed by atoms with van der Waals surface area (Å²) in [4.78, 5) is 25.4. The van der Waals surface area contributed by atoms with Crippen molar-refractivity contribution in [1.82, 2.24) is 15.5 Å². The molecule has 6 heteroatoms. The number of carbonyl (C=O) groups excluding carboxylic acids is 2. The molecule has 1 aromatic rings. The van der Waals surface area contributed by atoms with E-state index in [9.17, 15) is 9.59 Å². The van der Waals surface area contributed by atoms with Crippen LogP contribution >= 0.6 is 11.6 Å². The first-order valence-corrected chi connectivity index (χ1v) is 7.92. The minimum atomic E-state index is -0.240. The number of urea groups is 1. The lowest BCUT2D eigenvalue weighted by Gasteiger charge is -2.21. The number of amides is 3. The summed E-state index contributed by atoms with van der Waals surface area (Å²) in [5.41, 5.74) is 1.01. The third-order valence-corrected chi connectivity index (χ3v) is 4.12. The molecule has 0 aliphatic carbocycles. The maximum Gasteiger partial charge on any atom is 0.315 e. The molecule has 2 rings (SSSR count). The van der Waals surface area contributed by atoms with Crippen LogP contribution in [0.25, 0.3) is 0 Å². The first-order valence-electron chi connectivity index (χ1n) is 7.54. The van der Waals surface area contributed by atoms with Gasteiger partial charge in [0.15, 0.2) is 0 Å². The van der Waals surface area contributed by atoms with Crippen LogP contribution < -0.4 is 10.6 Å². The molecule has 0 radical (unpaired) electrons. The highest BCUT2D eigenvalue weighted by Crippen LogP contribution is 2.15. The monoisotopic (exact) mass is 323 g/mol. The Hall–Kier alpha value is -1.75. The van der Waals surface area contributed by atoms with Crippen LogP contribution in [0.3, 0.4) is 0 Å². The molecule has 0 aromatic heterocycles. The number of nitrogens with one attached hydrogen (secondary N) is 2. The van der Waals surface area contributed by atoms with E-state index >= 15 is 0 Å². The summed E-state index contributed by atoms with van der Waals surface area (Å²) in [6.07, 6.45) is 1.05. The van der Waals surface area contributed by atoms with E-state index in [1.165, 1.54) is 0 Å². The molecule has 3 amide bonds. The van der Waals surface area contributed by atoms with Gasteiger partial charge in [0.05, 0.1) is 6.04 Å². The van der Waals surface area contributed by atoms with E-state index in [0.29, 0.717) is 31.0 Å². The number of nitrogens with zero attached hydrogens (tertiary/aromatic N) is 1. The van der Waals surface area contributed by atoms with Crippen LogP contribution in [-0.4, -0.2) is 42.0 Å². The Balaban J connectivity index is 1.73. The van der Waals surface area contributed by atoms with E-state index in [4.69, 9.17) is 11.6 Å². The molecular weight excluding hydrogens is 302 g/mol. The molecule has 1 heterocycles. The van der Waals surface area contributed by atoms with Gasteiger partial charge in [0.25, 0.3) is 0 Å². The number of hydrogen-bond donors (Lipinski definition) is 2. The zero-order valence-electron chi connectivity index (χ0n) is 12.9. The lowest BCUT2D eigenvalue weighted by Crippen LogP contribution is -2.44. The lowest BCUT2D eigenvalue weighted by molar-refractivity contribution is -0.129. The SMILES string of the molecule is CC(C)N1CC(NC(=O)NCCc2ccccc2Cl)CC1=O. The van der Waals surface area contributed by atoms with Crippen LogP contribution in [0.15, 0.2) is 24.3 Å². The van der Waals surface area contributed by atoms with Crippen LogP contribution in [-0.2, 0) is 11.2 Å². The number of benzene rings is 1. The molecular formula is C16H22ClN3O2. The number of halogens is 1. The van der Waals surface area contributed by atoms with Gasteiger partial charge in [-0.1, -0.05) is 29.8 Å². The van der Waals surface area contributed by atoms with E-state index < -0.39 is 0 Å². The second-order valence-electron chi connectivity index (χ2n) is 5.78. The Bertz CT molecular complexity index is 548. The number of rotatable bonds is 5. The van der Waals surface area contributed by atoms with Crippen molar-refractivity contribution in [3.63, 3.8) is 0 Å². The van der Waals surface area contributed by atoms with Crippen LogP contribution in [0.2, 0.25) is 5.02 Å². The fourth-order valence-corrected chi connectivity index (χ4v) is 2.81. The summed E-state index contributed by atoms with van der Waals surface area (Å²) in [6.45, 7) is 5.03. The van der Waals surface area contributed by atoms with Crippen LogP contribution in [0.5, 0.6) is 0 Å². The highest BCUT2D eigenvalue weighted by atomic mass is 35.5. The molecule has 0 spiro atoms. The van der Waals surface area contributed by atoms with E-state index in [1.54, 1.807) is 4.90 Å². The Labute approximate surface area is 136 Å². The number of likely N-dealkylation sites (tertiary alicyclic amines) is 1. The molecule has 1 atom stereocenters. The van der Waals surface area contributed by atoms with Gasteiger partial charge in [0.2, 0.25) is 5.91 Å². The highest BCUT2D eigenvalue weighted by molar-refractivity contribution is 6.31. The minimum Gasteiger partial charge on any atom is -0.338 e. The third kappa shape index (κ3) is 4.37. The summed E-state index contributed by atoms with van der Waals surface area (Å²) < 4.78 is 0. The molecule has 1 aliphatic rings. The van der Waals surface area contributed by atoms with Crippen molar-refractivity contribution in [2.75, 3.05) is 13.1 Å². The van der Waals surface area contributed by atoms with Gasteiger partial charge >= 0.3 is 6.03 Å². The van der Waals surface area contributed by atoms with Crippen molar-refractivity contribution in [3.05, 3.63) is 34.9 Å². The van der Waals surface area contributed by atoms with E-state index in [2.05, 4.69) is 10.6 Å². The highest BCUT2D eigenvalue weighted by Gasteiger charge is 2.31. The van der Waals surface area contributed by atoms with Gasteiger partial charge in [-0.2, -0.15) is 0 Å². The predicted molar refractivity (Wildman–Crippen MR) is 86.9 cm³/mol.